The molecule has 0 aromatic carbocycles. The number of nitrogens with two attached hydrogens (primary N) is 1. The summed E-state index contributed by atoms with van der Waals surface area (Å²) in [6.07, 6.45) is 0. The molecule has 0 unspecified atom stereocenters. The van der Waals surface area contributed by atoms with Gasteiger partial charge in [-0.15, -0.1) is 0 Å². The van der Waals surface area contributed by atoms with Crippen LogP contribution in [-0.4, -0.2) is 64.9 Å². The molecule has 0 fully saturated rings. The predicted molar refractivity (Wildman–Crippen MR) is 91.7 cm³/mol. The van der Waals surface area contributed by atoms with E-state index in [0.717, 1.165) is 0 Å². The second kappa shape index (κ2) is 10.3. The number of rotatable bonds is 9. The zero-order chi connectivity index (χ0) is 20.6. The summed E-state index contributed by atoms with van der Waals surface area (Å²) < 4.78 is 0. The van der Waals surface area contributed by atoms with Crippen molar-refractivity contribution in [2.45, 2.75) is 64.8 Å². The first-order valence-electron chi connectivity index (χ1n) is 8.06. The number of hydrogen-bond donors (Lipinski definition) is 6. The Balaban J connectivity index is 4.54. The number of aliphatic carboxylic acids is 1. The fourth-order valence-electron chi connectivity index (χ4n) is 1.62. The first-order valence-corrected chi connectivity index (χ1v) is 8.06. The molecule has 7 N–H and O–H groups in total. The van der Waals surface area contributed by atoms with Crippen molar-refractivity contribution in [3.63, 3.8) is 0 Å². The summed E-state index contributed by atoms with van der Waals surface area (Å²) in [6, 6.07) is -4.77. The summed E-state index contributed by atoms with van der Waals surface area (Å²) in [7, 11) is 0. The highest BCUT2D eigenvalue weighted by atomic mass is 16.4. The quantitative estimate of drug-likeness (QED) is 0.257. The van der Waals surface area contributed by atoms with Crippen molar-refractivity contribution >= 4 is 29.6 Å². The lowest BCUT2D eigenvalue weighted by Gasteiger charge is -2.21. The van der Waals surface area contributed by atoms with Gasteiger partial charge in [0.05, 0.1) is 6.04 Å². The Morgan fingerprint density at radius 3 is 1.15 bits per heavy atom. The third kappa shape index (κ3) is 7.92. The van der Waals surface area contributed by atoms with Crippen molar-refractivity contribution in [3.8, 4) is 0 Å². The Morgan fingerprint density at radius 2 is 0.885 bits per heavy atom. The molecular weight excluding hydrogens is 346 g/mol. The van der Waals surface area contributed by atoms with Crippen LogP contribution in [0.15, 0.2) is 0 Å². The molecule has 4 amide bonds. The SMILES string of the molecule is C[C@H](N)C(=O)N[C@@H](C)C(=O)N[C@H](C)C(=O)N[C@H](C)C(=O)N[C@H](C)C(=O)O. The molecule has 148 valence electrons. The Bertz CT molecular complexity index is 565. The molecule has 0 rings (SSSR count). The zero-order valence-electron chi connectivity index (χ0n) is 15.5. The van der Waals surface area contributed by atoms with Gasteiger partial charge in [-0.1, -0.05) is 0 Å². The van der Waals surface area contributed by atoms with Gasteiger partial charge in [0, 0.05) is 0 Å². The molecule has 26 heavy (non-hydrogen) atoms. The van der Waals surface area contributed by atoms with E-state index in [1.165, 1.54) is 34.6 Å². The molecule has 0 heterocycles. The molecule has 0 bridgehead atoms. The number of carbonyl (C=O) groups excluding carboxylic acids is 4. The molecule has 0 radical (unpaired) electrons. The molecular formula is C15H27N5O6. The number of carbonyl (C=O) groups is 5. The molecule has 0 saturated carbocycles. The molecule has 0 aromatic rings. The summed E-state index contributed by atoms with van der Waals surface area (Å²) in [5.41, 5.74) is 5.39. The lowest BCUT2D eigenvalue weighted by molar-refractivity contribution is -0.141. The average Bonchev–Trinajstić information content (AvgIpc) is 2.53. The largest absolute Gasteiger partial charge is 0.480 e. The first-order chi connectivity index (χ1) is 11.9. The van der Waals surface area contributed by atoms with Gasteiger partial charge in [-0.2, -0.15) is 0 Å². The van der Waals surface area contributed by atoms with Gasteiger partial charge in [0.1, 0.15) is 24.2 Å². The van der Waals surface area contributed by atoms with Crippen LogP contribution in [0, 0.1) is 0 Å². The second-order valence-corrected chi connectivity index (χ2v) is 6.05. The van der Waals surface area contributed by atoms with Crippen molar-refractivity contribution in [1.82, 2.24) is 21.3 Å². The molecule has 0 aliphatic rings. The lowest BCUT2D eigenvalue weighted by atomic mass is 10.2. The zero-order valence-corrected chi connectivity index (χ0v) is 15.5. The van der Waals surface area contributed by atoms with Crippen LogP contribution >= 0.6 is 0 Å². The van der Waals surface area contributed by atoms with Gasteiger partial charge < -0.3 is 32.1 Å². The minimum absolute atomic E-state index is 0.511. The van der Waals surface area contributed by atoms with E-state index < -0.39 is 59.8 Å². The van der Waals surface area contributed by atoms with Crippen LogP contribution in [0.4, 0.5) is 0 Å². The maximum atomic E-state index is 12.0. The number of amides is 4. The van der Waals surface area contributed by atoms with Crippen molar-refractivity contribution in [1.29, 1.82) is 0 Å². The third-order valence-electron chi connectivity index (χ3n) is 3.40. The van der Waals surface area contributed by atoms with Crippen LogP contribution in [0.3, 0.4) is 0 Å². The van der Waals surface area contributed by atoms with E-state index in [9.17, 15) is 24.0 Å². The molecule has 0 aliphatic heterocycles. The summed E-state index contributed by atoms with van der Waals surface area (Å²) >= 11 is 0. The Morgan fingerprint density at radius 1 is 0.615 bits per heavy atom. The number of hydrogen-bond acceptors (Lipinski definition) is 6. The van der Waals surface area contributed by atoms with Crippen molar-refractivity contribution in [2.24, 2.45) is 5.73 Å². The van der Waals surface area contributed by atoms with Gasteiger partial charge in [-0.3, -0.25) is 24.0 Å². The maximum Gasteiger partial charge on any atom is 0.325 e. The standard InChI is InChI=1S/C15H27N5O6/c1-6(16)11(21)17-7(2)12(22)18-8(3)13(23)19-9(4)14(24)20-10(5)15(25)26/h6-10H,16H2,1-5H3,(H,17,21)(H,18,22)(H,19,23)(H,20,24)(H,25,26)/t6-,7-,8+,9+,10+/m0/s1. The fraction of sp³-hybridized carbons (Fsp3) is 0.667. The summed E-state index contributed by atoms with van der Waals surface area (Å²) in [5.74, 6) is -3.64. The highest BCUT2D eigenvalue weighted by Crippen LogP contribution is 1.92. The van der Waals surface area contributed by atoms with Crippen molar-refractivity contribution in [3.05, 3.63) is 0 Å². The molecule has 11 heteroatoms. The monoisotopic (exact) mass is 373 g/mol. The van der Waals surface area contributed by atoms with E-state index in [1.54, 1.807) is 0 Å². The number of nitrogens with one attached hydrogen (secondary N) is 4. The van der Waals surface area contributed by atoms with E-state index in [2.05, 4.69) is 21.3 Å². The van der Waals surface area contributed by atoms with Crippen LogP contribution in [0.1, 0.15) is 34.6 Å². The van der Waals surface area contributed by atoms with Gasteiger partial charge in [0.15, 0.2) is 0 Å². The van der Waals surface area contributed by atoms with Crippen LogP contribution in [0.25, 0.3) is 0 Å². The lowest BCUT2D eigenvalue weighted by Crippen LogP contribution is -2.56. The average molecular weight is 373 g/mol. The Labute approximate surface area is 151 Å². The van der Waals surface area contributed by atoms with Gasteiger partial charge in [-0.25, -0.2) is 0 Å². The number of carboxylic acid groups (broad SMARTS) is 1. The van der Waals surface area contributed by atoms with Gasteiger partial charge in [0.25, 0.3) is 0 Å². The molecule has 0 aliphatic carbocycles. The minimum atomic E-state index is -1.21. The van der Waals surface area contributed by atoms with Gasteiger partial charge in [-0.05, 0) is 34.6 Å². The van der Waals surface area contributed by atoms with Crippen LogP contribution in [-0.2, 0) is 24.0 Å². The highest BCUT2D eigenvalue weighted by Gasteiger charge is 2.25. The van der Waals surface area contributed by atoms with E-state index in [1.807, 2.05) is 0 Å². The molecule has 11 nitrogen and oxygen atoms in total. The highest BCUT2D eigenvalue weighted by molar-refractivity contribution is 5.94. The topological polar surface area (TPSA) is 180 Å². The normalized spacial score (nSPS) is 16.2. The second-order valence-electron chi connectivity index (χ2n) is 6.05. The van der Waals surface area contributed by atoms with E-state index in [0.29, 0.717) is 0 Å². The van der Waals surface area contributed by atoms with Crippen molar-refractivity contribution < 1.29 is 29.1 Å². The predicted octanol–water partition coefficient (Wildman–Crippen LogP) is -2.56. The van der Waals surface area contributed by atoms with Gasteiger partial charge >= 0.3 is 5.97 Å². The third-order valence-corrected chi connectivity index (χ3v) is 3.40. The fourth-order valence-corrected chi connectivity index (χ4v) is 1.62. The maximum absolute atomic E-state index is 12.0. The molecule has 0 spiro atoms. The summed E-state index contributed by atoms with van der Waals surface area (Å²) in [5, 5.41) is 18.1. The minimum Gasteiger partial charge on any atom is -0.480 e. The van der Waals surface area contributed by atoms with Crippen LogP contribution < -0.4 is 27.0 Å². The van der Waals surface area contributed by atoms with Gasteiger partial charge in [0.2, 0.25) is 23.6 Å². The Hall–Kier alpha value is -2.69. The summed E-state index contributed by atoms with van der Waals surface area (Å²) in [4.78, 5) is 58.0. The van der Waals surface area contributed by atoms with Crippen LogP contribution in [0.5, 0.6) is 0 Å². The van der Waals surface area contributed by atoms with Crippen LogP contribution in [0.2, 0.25) is 0 Å². The summed E-state index contributed by atoms with van der Waals surface area (Å²) in [6.45, 7) is 6.96. The Kier molecular flexibility index (Phi) is 9.27. The molecule has 0 saturated heterocycles. The van der Waals surface area contributed by atoms with E-state index in [4.69, 9.17) is 10.8 Å². The van der Waals surface area contributed by atoms with E-state index >= 15 is 0 Å². The van der Waals surface area contributed by atoms with E-state index in [-0.39, 0.29) is 0 Å². The number of carboxylic acids is 1. The first kappa shape index (κ1) is 23.3. The molecule has 0 aromatic heterocycles. The van der Waals surface area contributed by atoms with Crippen molar-refractivity contribution in [2.75, 3.05) is 0 Å². The molecule has 5 atom stereocenters. The smallest absolute Gasteiger partial charge is 0.325 e.